The molecule has 1 atom stereocenters. The molecule has 0 N–H and O–H groups in total. The third-order valence-corrected chi connectivity index (χ3v) is 2.35. The first kappa shape index (κ1) is 10.4. The summed E-state index contributed by atoms with van der Waals surface area (Å²) in [5, 5.41) is 0. The number of aryl methyl sites for hydroxylation is 1. The van der Waals surface area contributed by atoms with E-state index in [9.17, 15) is 0 Å². The van der Waals surface area contributed by atoms with Crippen molar-refractivity contribution in [2.75, 3.05) is 12.5 Å². The van der Waals surface area contributed by atoms with Gasteiger partial charge in [-0.05, 0) is 19.1 Å². The molecular weight excluding hydrogens is 184 g/mol. The van der Waals surface area contributed by atoms with Crippen molar-refractivity contribution in [3.8, 4) is 5.75 Å². The molecule has 1 aromatic rings. The highest BCUT2D eigenvalue weighted by molar-refractivity contribution is 6.18. The summed E-state index contributed by atoms with van der Waals surface area (Å²) in [5.41, 5.74) is 1.25. The first-order valence-electron chi connectivity index (χ1n) is 4.48. The lowest BCUT2D eigenvalue weighted by Gasteiger charge is -2.09. The van der Waals surface area contributed by atoms with Gasteiger partial charge in [-0.3, -0.25) is 0 Å². The molecule has 0 amide bonds. The summed E-state index contributed by atoms with van der Waals surface area (Å²) in [4.78, 5) is 0. The van der Waals surface area contributed by atoms with Gasteiger partial charge in [-0.25, -0.2) is 0 Å². The fourth-order valence-corrected chi connectivity index (χ4v) is 1.01. The number of alkyl halides is 1. The molecule has 0 bridgehead atoms. The lowest BCUT2D eigenvalue weighted by Crippen LogP contribution is -2.09. The standard InChI is InChI=1S/C11H15ClO/c1-9-3-5-11(6-4-9)13-8-10(2)7-12/h3-6,10H,7-8H2,1-2H3. The predicted molar refractivity (Wildman–Crippen MR) is 56.6 cm³/mol. The van der Waals surface area contributed by atoms with Crippen molar-refractivity contribution in [3.05, 3.63) is 29.8 Å². The van der Waals surface area contributed by atoms with E-state index >= 15 is 0 Å². The van der Waals surface area contributed by atoms with Crippen LogP contribution in [-0.4, -0.2) is 12.5 Å². The molecule has 72 valence electrons. The van der Waals surface area contributed by atoms with E-state index in [1.54, 1.807) is 0 Å². The molecule has 1 rings (SSSR count). The van der Waals surface area contributed by atoms with Gasteiger partial charge < -0.3 is 4.74 Å². The summed E-state index contributed by atoms with van der Waals surface area (Å²) >= 11 is 5.66. The minimum atomic E-state index is 0.406. The second kappa shape index (κ2) is 5.13. The van der Waals surface area contributed by atoms with E-state index in [1.165, 1.54) is 5.56 Å². The van der Waals surface area contributed by atoms with Gasteiger partial charge in [0.1, 0.15) is 5.75 Å². The highest BCUT2D eigenvalue weighted by atomic mass is 35.5. The van der Waals surface area contributed by atoms with Crippen LogP contribution in [0.5, 0.6) is 5.75 Å². The first-order valence-corrected chi connectivity index (χ1v) is 5.01. The van der Waals surface area contributed by atoms with Crippen LogP contribution in [0.2, 0.25) is 0 Å². The number of hydrogen-bond acceptors (Lipinski definition) is 1. The van der Waals surface area contributed by atoms with E-state index in [-0.39, 0.29) is 0 Å². The maximum atomic E-state index is 5.66. The topological polar surface area (TPSA) is 9.23 Å². The van der Waals surface area contributed by atoms with Crippen molar-refractivity contribution in [2.24, 2.45) is 5.92 Å². The average molecular weight is 199 g/mol. The highest BCUT2D eigenvalue weighted by Gasteiger charge is 2.00. The molecule has 0 aliphatic heterocycles. The van der Waals surface area contributed by atoms with Gasteiger partial charge in [-0.2, -0.15) is 0 Å². The number of ether oxygens (including phenoxy) is 1. The summed E-state index contributed by atoms with van der Waals surface area (Å²) in [5.74, 6) is 1.97. The maximum Gasteiger partial charge on any atom is 0.119 e. The van der Waals surface area contributed by atoms with Crippen LogP contribution in [-0.2, 0) is 0 Å². The molecule has 1 aromatic carbocycles. The van der Waals surface area contributed by atoms with Crippen molar-refractivity contribution < 1.29 is 4.74 Å². The van der Waals surface area contributed by atoms with Crippen molar-refractivity contribution >= 4 is 11.6 Å². The van der Waals surface area contributed by atoms with Crippen LogP contribution in [0, 0.1) is 12.8 Å². The smallest absolute Gasteiger partial charge is 0.119 e. The fourth-order valence-electron chi connectivity index (χ4n) is 0.918. The molecule has 0 radical (unpaired) electrons. The van der Waals surface area contributed by atoms with Crippen LogP contribution >= 0.6 is 11.6 Å². The summed E-state index contributed by atoms with van der Waals surface area (Å²) in [6.45, 7) is 4.82. The number of hydrogen-bond donors (Lipinski definition) is 0. The summed E-state index contributed by atoms with van der Waals surface area (Å²) in [7, 11) is 0. The van der Waals surface area contributed by atoms with Gasteiger partial charge in [0.2, 0.25) is 0 Å². The van der Waals surface area contributed by atoms with Crippen LogP contribution in [0.15, 0.2) is 24.3 Å². The van der Waals surface area contributed by atoms with E-state index < -0.39 is 0 Å². The Morgan fingerprint density at radius 3 is 2.46 bits per heavy atom. The SMILES string of the molecule is Cc1ccc(OCC(C)CCl)cc1. The normalized spacial score (nSPS) is 12.5. The molecule has 0 aromatic heterocycles. The van der Waals surface area contributed by atoms with Crippen LogP contribution in [0.3, 0.4) is 0 Å². The number of benzene rings is 1. The third-order valence-electron chi connectivity index (χ3n) is 1.82. The van der Waals surface area contributed by atoms with Gasteiger partial charge in [0.25, 0.3) is 0 Å². The molecule has 2 heteroatoms. The molecule has 0 fully saturated rings. The predicted octanol–water partition coefficient (Wildman–Crippen LogP) is 3.25. The Morgan fingerprint density at radius 1 is 1.31 bits per heavy atom. The monoisotopic (exact) mass is 198 g/mol. The van der Waals surface area contributed by atoms with Gasteiger partial charge in [0.05, 0.1) is 6.61 Å². The summed E-state index contributed by atoms with van der Waals surface area (Å²) < 4.78 is 5.53. The Labute approximate surface area is 84.7 Å². The van der Waals surface area contributed by atoms with E-state index in [1.807, 2.05) is 24.3 Å². The van der Waals surface area contributed by atoms with E-state index in [0.29, 0.717) is 18.4 Å². The molecule has 0 aliphatic rings. The van der Waals surface area contributed by atoms with Crippen molar-refractivity contribution in [2.45, 2.75) is 13.8 Å². The zero-order valence-electron chi connectivity index (χ0n) is 8.09. The highest BCUT2D eigenvalue weighted by Crippen LogP contribution is 2.12. The summed E-state index contributed by atoms with van der Waals surface area (Å²) in [6.07, 6.45) is 0. The van der Waals surface area contributed by atoms with Gasteiger partial charge >= 0.3 is 0 Å². The average Bonchev–Trinajstić information content (AvgIpc) is 2.16. The molecule has 0 saturated heterocycles. The minimum Gasteiger partial charge on any atom is -0.493 e. The quantitative estimate of drug-likeness (QED) is 0.675. The summed E-state index contributed by atoms with van der Waals surface area (Å²) in [6, 6.07) is 8.05. The second-order valence-corrected chi connectivity index (χ2v) is 3.69. The first-order chi connectivity index (χ1) is 6.22. The molecule has 1 unspecified atom stereocenters. The molecule has 1 nitrogen and oxygen atoms in total. The molecule has 0 spiro atoms. The lowest BCUT2D eigenvalue weighted by atomic mass is 10.2. The van der Waals surface area contributed by atoms with Crippen molar-refractivity contribution in [3.63, 3.8) is 0 Å². The molecular formula is C11H15ClO. The van der Waals surface area contributed by atoms with E-state index in [2.05, 4.69) is 13.8 Å². The maximum absolute atomic E-state index is 5.66. The lowest BCUT2D eigenvalue weighted by molar-refractivity contribution is 0.272. The Morgan fingerprint density at radius 2 is 1.92 bits per heavy atom. The van der Waals surface area contributed by atoms with Gasteiger partial charge in [-0.15, -0.1) is 11.6 Å². The minimum absolute atomic E-state index is 0.406. The molecule has 13 heavy (non-hydrogen) atoms. The van der Waals surface area contributed by atoms with Gasteiger partial charge in [0.15, 0.2) is 0 Å². The zero-order chi connectivity index (χ0) is 9.68. The Hall–Kier alpha value is -0.690. The Kier molecular flexibility index (Phi) is 4.10. The largest absolute Gasteiger partial charge is 0.493 e. The Balaban J connectivity index is 2.41. The van der Waals surface area contributed by atoms with Crippen LogP contribution in [0.4, 0.5) is 0 Å². The fraction of sp³-hybridized carbons (Fsp3) is 0.455. The van der Waals surface area contributed by atoms with Crippen LogP contribution < -0.4 is 4.74 Å². The van der Waals surface area contributed by atoms with E-state index in [4.69, 9.17) is 16.3 Å². The third kappa shape index (κ3) is 3.69. The number of halogens is 1. The molecule has 0 saturated carbocycles. The molecule has 0 aliphatic carbocycles. The second-order valence-electron chi connectivity index (χ2n) is 3.38. The van der Waals surface area contributed by atoms with Crippen molar-refractivity contribution in [1.82, 2.24) is 0 Å². The van der Waals surface area contributed by atoms with Crippen LogP contribution in [0.1, 0.15) is 12.5 Å². The number of rotatable bonds is 4. The van der Waals surface area contributed by atoms with Gasteiger partial charge in [0, 0.05) is 11.8 Å². The zero-order valence-corrected chi connectivity index (χ0v) is 8.84. The van der Waals surface area contributed by atoms with E-state index in [0.717, 1.165) is 5.75 Å². The molecule has 0 heterocycles. The Bertz CT molecular complexity index is 243. The van der Waals surface area contributed by atoms with Crippen molar-refractivity contribution in [1.29, 1.82) is 0 Å². The van der Waals surface area contributed by atoms with Crippen LogP contribution in [0.25, 0.3) is 0 Å². The van der Waals surface area contributed by atoms with Gasteiger partial charge in [-0.1, -0.05) is 24.6 Å².